The van der Waals surface area contributed by atoms with E-state index in [1.807, 2.05) is 6.92 Å². The van der Waals surface area contributed by atoms with Gasteiger partial charge in [-0.2, -0.15) is 0 Å². The van der Waals surface area contributed by atoms with Crippen molar-refractivity contribution in [2.24, 2.45) is 11.7 Å². The lowest BCUT2D eigenvalue weighted by Crippen LogP contribution is -2.42. The molecule has 0 aromatic heterocycles. The van der Waals surface area contributed by atoms with E-state index < -0.39 is 18.1 Å². The second-order valence-electron chi connectivity index (χ2n) is 4.02. The van der Waals surface area contributed by atoms with Crippen molar-refractivity contribution in [1.29, 1.82) is 0 Å². The molecule has 0 bridgehead atoms. The fourth-order valence-corrected chi connectivity index (χ4v) is 1.80. The Labute approximate surface area is 99.6 Å². The van der Waals surface area contributed by atoms with Gasteiger partial charge in [0.1, 0.15) is 0 Å². The monoisotopic (exact) mass is 252 g/mol. The van der Waals surface area contributed by atoms with E-state index in [1.54, 1.807) is 0 Å². The van der Waals surface area contributed by atoms with Crippen LogP contribution in [0.3, 0.4) is 0 Å². The number of carbonyl (C=O) groups is 2. The standard InChI is InChI=1S/C9H16N2O4.ClH/c1-4-2-5(8(13)11-4)3-6(10)7(12)9(14)15;/h4-7,12H,2-3,10H2,1H3,(H,11,13)(H,14,15);1H/t4-,5+,6?,7?;/m1./s1. The lowest BCUT2D eigenvalue weighted by molar-refractivity contribution is -0.148. The molecule has 1 aliphatic heterocycles. The average molecular weight is 253 g/mol. The molecule has 7 heteroatoms. The van der Waals surface area contributed by atoms with Crippen LogP contribution in [0.2, 0.25) is 0 Å². The summed E-state index contributed by atoms with van der Waals surface area (Å²) in [5.41, 5.74) is 5.49. The van der Waals surface area contributed by atoms with Gasteiger partial charge in [-0.15, -0.1) is 12.4 Å². The van der Waals surface area contributed by atoms with E-state index in [1.165, 1.54) is 0 Å². The third kappa shape index (κ3) is 3.62. The molecule has 0 aromatic rings. The molecular weight excluding hydrogens is 236 g/mol. The Kier molecular flexibility index (Phi) is 5.71. The molecule has 6 nitrogen and oxygen atoms in total. The van der Waals surface area contributed by atoms with Crippen LogP contribution in [-0.4, -0.2) is 40.3 Å². The number of amides is 1. The number of aliphatic hydroxyl groups is 1. The molecule has 16 heavy (non-hydrogen) atoms. The van der Waals surface area contributed by atoms with E-state index >= 15 is 0 Å². The Morgan fingerprint density at radius 3 is 2.62 bits per heavy atom. The van der Waals surface area contributed by atoms with Crippen LogP contribution in [0.15, 0.2) is 0 Å². The molecule has 2 unspecified atom stereocenters. The zero-order valence-corrected chi connectivity index (χ0v) is 9.74. The van der Waals surface area contributed by atoms with Gasteiger partial charge in [0.05, 0.1) is 0 Å². The van der Waals surface area contributed by atoms with Gasteiger partial charge in [-0.1, -0.05) is 0 Å². The first-order chi connectivity index (χ1) is 6.91. The Balaban J connectivity index is 0.00000225. The van der Waals surface area contributed by atoms with Crippen LogP contribution < -0.4 is 11.1 Å². The van der Waals surface area contributed by atoms with Gasteiger partial charge in [0.15, 0.2) is 6.10 Å². The zero-order valence-electron chi connectivity index (χ0n) is 8.92. The Hall–Kier alpha value is -0.850. The van der Waals surface area contributed by atoms with Crippen molar-refractivity contribution < 1.29 is 19.8 Å². The summed E-state index contributed by atoms with van der Waals surface area (Å²) in [6.45, 7) is 1.87. The van der Waals surface area contributed by atoms with Gasteiger partial charge in [0.25, 0.3) is 0 Å². The van der Waals surface area contributed by atoms with E-state index in [0.717, 1.165) is 0 Å². The Morgan fingerprint density at radius 2 is 2.25 bits per heavy atom. The summed E-state index contributed by atoms with van der Waals surface area (Å²) < 4.78 is 0. The Morgan fingerprint density at radius 1 is 1.69 bits per heavy atom. The number of rotatable bonds is 4. The third-order valence-electron chi connectivity index (χ3n) is 2.61. The van der Waals surface area contributed by atoms with Crippen molar-refractivity contribution in [2.75, 3.05) is 0 Å². The van der Waals surface area contributed by atoms with Gasteiger partial charge >= 0.3 is 5.97 Å². The topological polar surface area (TPSA) is 113 Å². The number of halogens is 1. The van der Waals surface area contributed by atoms with Gasteiger partial charge in [-0.25, -0.2) is 4.79 Å². The van der Waals surface area contributed by atoms with E-state index in [4.69, 9.17) is 15.9 Å². The first-order valence-electron chi connectivity index (χ1n) is 4.88. The fourth-order valence-electron chi connectivity index (χ4n) is 1.80. The maximum Gasteiger partial charge on any atom is 0.334 e. The van der Waals surface area contributed by atoms with E-state index in [9.17, 15) is 9.59 Å². The largest absolute Gasteiger partial charge is 0.479 e. The smallest absolute Gasteiger partial charge is 0.334 e. The highest BCUT2D eigenvalue weighted by Gasteiger charge is 2.33. The minimum absolute atomic E-state index is 0. The molecular formula is C9H17ClN2O4. The molecule has 1 heterocycles. The van der Waals surface area contributed by atoms with Gasteiger partial charge in [0.2, 0.25) is 5.91 Å². The first-order valence-corrected chi connectivity index (χ1v) is 4.88. The number of hydrogen-bond acceptors (Lipinski definition) is 4. The maximum absolute atomic E-state index is 11.3. The summed E-state index contributed by atoms with van der Waals surface area (Å²) >= 11 is 0. The minimum atomic E-state index is -1.60. The first kappa shape index (κ1) is 15.2. The highest BCUT2D eigenvalue weighted by molar-refractivity contribution is 5.85. The SMILES string of the molecule is C[C@@H]1C[C@@H](CC(N)C(O)C(=O)O)C(=O)N1.Cl. The van der Waals surface area contributed by atoms with Crippen molar-refractivity contribution in [3.63, 3.8) is 0 Å². The molecule has 1 fully saturated rings. The second-order valence-corrected chi connectivity index (χ2v) is 4.02. The summed E-state index contributed by atoms with van der Waals surface area (Å²) in [6, 6.07) is -0.805. The van der Waals surface area contributed by atoms with Crippen LogP contribution in [0.5, 0.6) is 0 Å². The summed E-state index contributed by atoms with van der Waals surface area (Å²) in [5, 5.41) is 20.4. The van der Waals surface area contributed by atoms with Gasteiger partial charge in [-0.05, 0) is 19.8 Å². The molecule has 0 aromatic carbocycles. The molecule has 4 atom stereocenters. The molecule has 0 radical (unpaired) electrons. The molecule has 0 aliphatic carbocycles. The number of aliphatic carboxylic acids is 1. The quantitative estimate of drug-likeness (QED) is 0.518. The highest BCUT2D eigenvalue weighted by Crippen LogP contribution is 2.20. The molecule has 1 saturated heterocycles. The van der Waals surface area contributed by atoms with E-state index in [2.05, 4.69) is 5.32 Å². The molecule has 5 N–H and O–H groups in total. The number of aliphatic hydroxyl groups excluding tert-OH is 1. The van der Waals surface area contributed by atoms with Gasteiger partial charge in [0, 0.05) is 18.0 Å². The van der Waals surface area contributed by atoms with Crippen molar-refractivity contribution in [3.8, 4) is 0 Å². The fraction of sp³-hybridized carbons (Fsp3) is 0.778. The maximum atomic E-state index is 11.3. The van der Waals surface area contributed by atoms with Crippen LogP contribution in [0, 0.1) is 5.92 Å². The lowest BCUT2D eigenvalue weighted by atomic mass is 9.94. The van der Waals surface area contributed by atoms with Gasteiger partial charge in [-0.3, -0.25) is 4.79 Å². The van der Waals surface area contributed by atoms with Crippen molar-refractivity contribution in [3.05, 3.63) is 0 Å². The Bertz CT molecular complexity index is 274. The van der Waals surface area contributed by atoms with Crippen molar-refractivity contribution >= 4 is 24.3 Å². The third-order valence-corrected chi connectivity index (χ3v) is 2.61. The molecule has 1 rings (SSSR count). The summed E-state index contributed by atoms with van der Waals surface area (Å²) in [4.78, 5) is 21.7. The predicted octanol–water partition coefficient (Wildman–Crippen LogP) is -0.904. The summed E-state index contributed by atoms with van der Waals surface area (Å²) in [7, 11) is 0. The molecule has 0 spiro atoms. The van der Waals surface area contributed by atoms with Gasteiger partial charge < -0.3 is 21.3 Å². The minimum Gasteiger partial charge on any atom is -0.479 e. The van der Waals surface area contributed by atoms with Crippen LogP contribution in [0.4, 0.5) is 0 Å². The normalized spacial score (nSPS) is 27.8. The number of hydrogen-bond donors (Lipinski definition) is 4. The zero-order chi connectivity index (χ0) is 11.6. The summed E-state index contributed by atoms with van der Waals surface area (Å²) in [5.74, 6) is -1.76. The van der Waals surface area contributed by atoms with Crippen LogP contribution in [0.25, 0.3) is 0 Å². The summed E-state index contributed by atoms with van der Waals surface area (Å²) in [6.07, 6.45) is -0.767. The number of carbonyl (C=O) groups excluding carboxylic acids is 1. The second kappa shape index (κ2) is 6.03. The molecule has 1 amide bonds. The lowest BCUT2D eigenvalue weighted by Gasteiger charge is -2.17. The van der Waals surface area contributed by atoms with Crippen LogP contribution in [-0.2, 0) is 9.59 Å². The number of carboxylic acids is 1. The van der Waals surface area contributed by atoms with E-state index in [0.29, 0.717) is 6.42 Å². The number of nitrogens with one attached hydrogen (secondary N) is 1. The average Bonchev–Trinajstić information content (AvgIpc) is 2.43. The van der Waals surface area contributed by atoms with Crippen molar-refractivity contribution in [2.45, 2.75) is 38.0 Å². The van der Waals surface area contributed by atoms with Crippen molar-refractivity contribution in [1.82, 2.24) is 5.32 Å². The molecule has 94 valence electrons. The van der Waals surface area contributed by atoms with Crippen LogP contribution >= 0.6 is 12.4 Å². The number of nitrogens with two attached hydrogens (primary N) is 1. The highest BCUT2D eigenvalue weighted by atomic mass is 35.5. The van der Waals surface area contributed by atoms with E-state index in [-0.39, 0.29) is 36.7 Å². The predicted molar refractivity (Wildman–Crippen MR) is 59.2 cm³/mol. The molecule has 0 saturated carbocycles. The van der Waals surface area contributed by atoms with Crippen LogP contribution in [0.1, 0.15) is 19.8 Å². The molecule has 1 aliphatic rings. The number of carboxylic acid groups (broad SMARTS) is 1.